The highest BCUT2D eigenvalue weighted by molar-refractivity contribution is 5.93. The molecule has 6 nitrogen and oxygen atoms in total. The van der Waals surface area contributed by atoms with Crippen molar-refractivity contribution in [1.29, 1.82) is 0 Å². The lowest BCUT2D eigenvalue weighted by molar-refractivity contribution is 0.0388. The second-order valence-electron chi connectivity index (χ2n) is 6.75. The summed E-state index contributed by atoms with van der Waals surface area (Å²) in [6, 6.07) is 7.98. The normalized spacial score (nSPS) is 19.3. The first-order valence-electron chi connectivity index (χ1n) is 9.52. The molecule has 25 heavy (non-hydrogen) atoms. The van der Waals surface area contributed by atoms with Crippen LogP contribution in [-0.2, 0) is 4.74 Å². The Morgan fingerprint density at radius 2 is 1.72 bits per heavy atom. The van der Waals surface area contributed by atoms with E-state index in [9.17, 15) is 4.79 Å². The van der Waals surface area contributed by atoms with Crippen LogP contribution in [0.5, 0.6) is 0 Å². The number of carbonyl (C=O) groups excluding carboxylic acids is 1. The van der Waals surface area contributed by atoms with Crippen LogP contribution in [0.25, 0.3) is 0 Å². The largest absolute Gasteiger partial charge is 0.379 e. The first-order valence-corrected chi connectivity index (χ1v) is 9.52. The third-order valence-corrected chi connectivity index (χ3v) is 4.92. The predicted molar refractivity (Wildman–Crippen MR) is 101 cm³/mol. The van der Waals surface area contributed by atoms with Gasteiger partial charge in [0, 0.05) is 39.3 Å². The number of ether oxygens (including phenoxy) is 1. The topological polar surface area (TPSA) is 56.8 Å². The van der Waals surface area contributed by atoms with E-state index in [-0.39, 0.29) is 6.03 Å². The standard InChI is InChI=1S/C19H30N4O2/c24-19(20-9-12-22-13-15-25-16-14-22)21-17-7-3-4-8-18(17)23-10-5-1-2-6-11-23/h3-4,7-8H,1-2,5-6,9-16H2,(H2,20,21,24). The number of amides is 2. The van der Waals surface area contributed by atoms with Crippen LogP contribution < -0.4 is 15.5 Å². The SMILES string of the molecule is O=C(NCCN1CCOCC1)Nc1ccccc1N1CCCCCC1. The molecule has 1 aromatic carbocycles. The zero-order chi connectivity index (χ0) is 17.3. The predicted octanol–water partition coefficient (Wildman–Crippen LogP) is 2.52. The highest BCUT2D eigenvalue weighted by Crippen LogP contribution is 2.27. The minimum absolute atomic E-state index is 0.129. The number of nitrogens with zero attached hydrogens (tertiary/aromatic N) is 2. The molecule has 0 unspecified atom stereocenters. The number of anilines is 2. The van der Waals surface area contributed by atoms with Crippen LogP contribution in [-0.4, -0.2) is 63.4 Å². The molecule has 0 radical (unpaired) electrons. The summed E-state index contributed by atoms with van der Waals surface area (Å²) in [6.45, 7) is 7.12. The summed E-state index contributed by atoms with van der Waals surface area (Å²) in [7, 11) is 0. The molecule has 0 aromatic heterocycles. The number of para-hydroxylation sites is 2. The Morgan fingerprint density at radius 3 is 2.48 bits per heavy atom. The summed E-state index contributed by atoms with van der Waals surface area (Å²) in [5.74, 6) is 0. The second kappa shape index (κ2) is 9.63. The van der Waals surface area contributed by atoms with Gasteiger partial charge in [-0.3, -0.25) is 4.90 Å². The summed E-state index contributed by atoms with van der Waals surface area (Å²) in [5.41, 5.74) is 2.03. The van der Waals surface area contributed by atoms with Gasteiger partial charge < -0.3 is 20.3 Å². The van der Waals surface area contributed by atoms with Gasteiger partial charge in [0.25, 0.3) is 0 Å². The summed E-state index contributed by atoms with van der Waals surface area (Å²) in [6.07, 6.45) is 5.04. The highest BCUT2D eigenvalue weighted by Gasteiger charge is 2.15. The summed E-state index contributed by atoms with van der Waals surface area (Å²) < 4.78 is 5.34. The molecule has 2 N–H and O–H groups in total. The summed E-state index contributed by atoms with van der Waals surface area (Å²) in [4.78, 5) is 17.0. The van der Waals surface area contributed by atoms with Crippen LogP contribution in [0, 0.1) is 0 Å². The second-order valence-corrected chi connectivity index (χ2v) is 6.75. The van der Waals surface area contributed by atoms with Crippen molar-refractivity contribution in [1.82, 2.24) is 10.2 Å². The number of carbonyl (C=O) groups is 1. The Balaban J connectivity index is 1.50. The van der Waals surface area contributed by atoms with Gasteiger partial charge in [-0.25, -0.2) is 4.79 Å². The van der Waals surface area contributed by atoms with Gasteiger partial charge >= 0.3 is 6.03 Å². The fourth-order valence-electron chi connectivity index (χ4n) is 3.49. The van der Waals surface area contributed by atoms with Crippen LogP contribution in [0.15, 0.2) is 24.3 Å². The quantitative estimate of drug-likeness (QED) is 0.860. The molecule has 2 amide bonds. The number of benzene rings is 1. The monoisotopic (exact) mass is 346 g/mol. The molecule has 138 valence electrons. The van der Waals surface area contributed by atoms with Crippen molar-refractivity contribution in [2.75, 3.05) is 62.7 Å². The van der Waals surface area contributed by atoms with E-state index in [0.29, 0.717) is 6.54 Å². The third kappa shape index (κ3) is 5.61. The van der Waals surface area contributed by atoms with E-state index < -0.39 is 0 Å². The fraction of sp³-hybridized carbons (Fsp3) is 0.632. The fourth-order valence-corrected chi connectivity index (χ4v) is 3.49. The Hall–Kier alpha value is -1.79. The molecule has 2 aliphatic heterocycles. The highest BCUT2D eigenvalue weighted by atomic mass is 16.5. The maximum atomic E-state index is 12.3. The number of hydrogen-bond acceptors (Lipinski definition) is 4. The van der Waals surface area contributed by atoms with Gasteiger partial charge in [-0.05, 0) is 25.0 Å². The lowest BCUT2D eigenvalue weighted by Gasteiger charge is -2.27. The molecule has 0 saturated carbocycles. The molecule has 6 heteroatoms. The van der Waals surface area contributed by atoms with Gasteiger partial charge in [0.2, 0.25) is 0 Å². The van der Waals surface area contributed by atoms with E-state index in [4.69, 9.17) is 4.74 Å². The van der Waals surface area contributed by atoms with Gasteiger partial charge in [-0.2, -0.15) is 0 Å². The molecule has 2 saturated heterocycles. The molecular formula is C19H30N4O2. The van der Waals surface area contributed by atoms with E-state index in [2.05, 4.69) is 26.5 Å². The van der Waals surface area contributed by atoms with Gasteiger partial charge in [0.15, 0.2) is 0 Å². The van der Waals surface area contributed by atoms with Crippen molar-refractivity contribution >= 4 is 17.4 Å². The van der Waals surface area contributed by atoms with Gasteiger partial charge in [0.05, 0.1) is 24.6 Å². The van der Waals surface area contributed by atoms with Crippen molar-refractivity contribution in [2.45, 2.75) is 25.7 Å². The Bertz CT molecular complexity index is 538. The average molecular weight is 346 g/mol. The summed E-state index contributed by atoms with van der Waals surface area (Å²) in [5, 5.41) is 6.00. The van der Waals surface area contributed by atoms with Crippen molar-refractivity contribution in [3.63, 3.8) is 0 Å². The Morgan fingerprint density at radius 1 is 1.00 bits per heavy atom. The average Bonchev–Trinajstić information content (AvgIpc) is 2.92. The van der Waals surface area contributed by atoms with E-state index in [0.717, 1.165) is 57.3 Å². The van der Waals surface area contributed by atoms with Crippen molar-refractivity contribution in [3.8, 4) is 0 Å². The van der Waals surface area contributed by atoms with Crippen LogP contribution in [0.3, 0.4) is 0 Å². The number of nitrogens with one attached hydrogen (secondary N) is 2. The van der Waals surface area contributed by atoms with Crippen LogP contribution >= 0.6 is 0 Å². The maximum Gasteiger partial charge on any atom is 0.319 e. The van der Waals surface area contributed by atoms with E-state index in [1.807, 2.05) is 18.2 Å². The van der Waals surface area contributed by atoms with Crippen LogP contribution in [0.1, 0.15) is 25.7 Å². The number of hydrogen-bond donors (Lipinski definition) is 2. The number of urea groups is 1. The molecule has 2 fully saturated rings. The summed E-state index contributed by atoms with van der Waals surface area (Å²) >= 11 is 0. The number of morpholine rings is 1. The van der Waals surface area contributed by atoms with Crippen LogP contribution in [0.4, 0.5) is 16.2 Å². The molecule has 0 spiro atoms. The maximum absolute atomic E-state index is 12.3. The number of rotatable bonds is 5. The van der Waals surface area contributed by atoms with Crippen LogP contribution in [0.2, 0.25) is 0 Å². The molecule has 2 heterocycles. The van der Waals surface area contributed by atoms with Crippen molar-refractivity contribution < 1.29 is 9.53 Å². The van der Waals surface area contributed by atoms with Gasteiger partial charge in [0.1, 0.15) is 0 Å². The van der Waals surface area contributed by atoms with Crippen molar-refractivity contribution in [3.05, 3.63) is 24.3 Å². The zero-order valence-electron chi connectivity index (χ0n) is 15.0. The van der Waals surface area contributed by atoms with E-state index >= 15 is 0 Å². The first-order chi connectivity index (χ1) is 12.3. The Kier molecular flexibility index (Phi) is 6.94. The minimum atomic E-state index is -0.129. The smallest absolute Gasteiger partial charge is 0.319 e. The molecular weight excluding hydrogens is 316 g/mol. The molecule has 3 rings (SSSR count). The first kappa shape index (κ1) is 18.0. The minimum Gasteiger partial charge on any atom is -0.379 e. The van der Waals surface area contributed by atoms with Gasteiger partial charge in [-0.15, -0.1) is 0 Å². The lowest BCUT2D eigenvalue weighted by Crippen LogP contribution is -2.42. The Labute approximate surface area is 150 Å². The van der Waals surface area contributed by atoms with E-state index in [1.54, 1.807) is 0 Å². The van der Waals surface area contributed by atoms with Gasteiger partial charge in [-0.1, -0.05) is 25.0 Å². The van der Waals surface area contributed by atoms with E-state index in [1.165, 1.54) is 25.7 Å². The molecule has 0 bridgehead atoms. The lowest BCUT2D eigenvalue weighted by atomic mass is 10.2. The zero-order valence-corrected chi connectivity index (χ0v) is 15.0. The molecule has 0 atom stereocenters. The van der Waals surface area contributed by atoms with Crippen molar-refractivity contribution in [2.24, 2.45) is 0 Å². The molecule has 1 aromatic rings. The molecule has 2 aliphatic rings. The third-order valence-electron chi connectivity index (χ3n) is 4.92. The molecule has 0 aliphatic carbocycles.